The van der Waals surface area contributed by atoms with E-state index in [9.17, 15) is 4.79 Å². The fourth-order valence-electron chi connectivity index (χ4n) is 2.72. The molecule has 0 bridgehead atoms. The zero-order valence-electron chi connectivity index (χ0n) is 12.6. The third-order valence-electron chi connectivity index (χ3n) is 3.90. The van der Waals surface area contributed by atoms with Crippen molar-refractivity contribution in [3.63, 3.8) is 0 Å². The van der Waals surface area contributed by atoms with Crippen molar-refractivity contribution in [2.75, 3.05) is 31.6 Å². The maximum atomic E-state index is 12.3. The summed E-state index contributed by atoms with van der Waals surface area (Å²) in [6, 6.07) is 13.7. The predicted octanol–water partition coefficient (Wildman–Crippen LogP) is 1.84. The zero-order chi connectivity index (χ0) is 15.5. The summed E-state index contributed by atoms with van der Waals surface area (Å²) in [7, 11) is 1.66. The first kappa shape index (κ1) is 14.5. The Balaban J connectivity index is 1.88. The van der Waals surface area contributed by atoms with E-state index in [2.05, 4.69) is 22.0 Å². The van der Waals surface area contributed by atoms with Crippen LogP contribution < -0.4 is 4.90 Å². The molecule has 3 rings (SSSR count). The predicted molar refractivity (Wildman–Crippen MR) is 85.4 cm³/mol. The summed E-state index contributed by atoms with van der Waals surface area (Å²) in [5.41, 5.74) is 2.86. The van der Waals surface area contributed by atoms with E-state index in [1.807, 2.05) is 24.3 Å². The summed E-state index contributed by atoms with van der Waals surface area (Å²) in [5, 5.41) is 8.95. The highest BCUT2D eigenvalue weighted by Crippen LogP contribution is 2.33. The molecular formula is C17H19N3O2. The van der Waals surface area contributed by atoms with Gasteiger partial charge in [-0.1, -0.05) is 24.3 Å². The lowest BCUT2D eigenvalue weighted by Crippen LogP contribution is -2.30. The van der Waals surface area contributed by atoms with Gasteiger partial charge in [-0.3, -0.25) is 4.79 Å². The first-order chi connectivity index (χ1) is 10.7. The number of amides is 1. The molecule has 5 nitrogen and oxygen atoms in total. The Hall–Kier alpha value is -2.40. The van der Waals surface area contributed by atoms with Crippen LogP contribution in [-0.2, 0) is 6.42 Å². The fourth-order valence-corrected chi connectivity index (χ4v) is 2.72. The number of hydrogen-bond acceptors (Lipinski definition) is 4. The molecule has 0 saturated carbocycles. The molecule has 2 heterocycles. The monoisotopic (exact) mass is 297 g/mol. The third kappa shape index (κ3) is 2.67. The minimum atomic E-state index is -0.177. The highest BCUT2D eigenvalue weighted by atomic mass is 16.3. The Kier molecular flexibility index (Phi) is 4.06. The Morgan fingerprint density at radius 1 is 1.27 bits per heavy atom. The summed E-state index contributed by atoms with van der Waals surface area (Å²) in [4.78, 5) is 20.4. The Morgan fingerprint density at radius 2 is 2.09 bits per heavy atom. The SMILES string of the molecule is CN(CCO)C(=O)c1cccc(N2CCc3ccccc32)n1. The summed E-state index contributed by atoms with van der Waals surface area (Å²) >= 11 is 0. The van der Waals surface area contributed by atoms with Crippen LogP contribution in [0.25, 0.3) is 0 Å². The van der Waals surface area contributed by atoms with Crippen LogP contribution in [0.5, 0.6) is 0 Å². The lowest BCUT2D eigenvalue weighted by Gasteiger charge is -2.20. The molecule has 1 amide bonds. The van der Waals surface area contributed by atoms with Crippen LogP contribution in [0.4, 0.5) is 11.5 Å². The van der Waals surface area contributed by atoms with Crippen LogP contribution in [0.2, 0.25) is 0 Å². The van der Waals surface area contributed by atoms with E-state index in [1.165, 1.54) is 10.5 Å². The Labute approximate surface area is 129 Å². The maximum Gasteiger partial charge on any atom is 0.272 e. The lowest BCUT2D eigenvalue weighted by molar-refractivity contribution is 0.0761. The number of aliphatic hydroxyl groups excluding tert-OH is 1. The number of anilines is 2. The van der Waals surface area contributed by atoms with Gasteiger partial charge in [0.1, 0.15) is 11.5 Å². The molecule has 0 fully saturated rings. The van der Waals surface area contributed by atoms with Crippen LogP contribution >= 0.6 is 0 Å². The average molecular weight is 297 g/mol. The number of fused-ring (bicyclic) bond motifs is 1. The molecule has 1 aromatic heterocycles. The molecule has 2 aromatic rings. The largest absolute Gasteiger partial charge is 0.395 e. The molecule has 0 atom stereocenters. The van der Waals surface area contributed by atoms with Gasteiger partial charge >= 0.3 is 0 Å². The minimum absolute atomic E-state index is 0.0541. The van der Waals surface area contributed by atoms with Crippen LogP contribution in [0.3, 0.4) is 0 Å². The molecule has 0 radical (unpaired) electrons. The zero-order valence-corrected chi connectivity index (χ0v) is 12.6. The summed E-state index contributed by atoms with van der Waals surface area (Å²) in [6.45, 7) is 1.12. The molecule has 0 spiro atoms. The van der Waals surface area contributed by atoms with Gasteiger partial charge in [-0.2, -0.15) is 0 Å². The molecule has 114 valence electrons. The lowest BCUT2D eigenvalue weighted by atomic mass is 10.2. The molecule has 5 heteroatoms. The van der Waals surface area contributed by atoms with Crippen LogP contribution in [0, 0.1) is 0 Å². The van der Waals surface area contributed by atoms with Gasteiger partial charge in [-0.25, -0.2) is 4.98 Å². The minimum Gasteiger partial charge on any atom is -0.395 e. The van der Waals surface area contributed by atoms with E-state index in [-0.39, 0.29) is 12.5 Å². The Morgan fingerprint density at radius 3 is 2.91 bits per heavy atom. The molecule has 0 saturated heterocycles. The maximum absolute atomic E-state index is 12.3. The molecule has 22 heavy (non-hydrogen) atoms. The standard InChI is InChI=1S/C17H19N3O2/c1-19(11-12-21)17(22)14-6-4-8-16(18-14)20-10-9-13-5-2-3-7-15(13)20/h2-8,21H,9-12H2,1H3. The summed E-state index contributed by atoms with van der Waals surface area (Å²) in [5.74, 6) is 0.608. The van der Waals surface area contributed by atoms with E-state index in [4.69, 9.17) is 5.11 Å². The number of para-hydroxylation sites is 1. The fraction of sp³-hybridized carbons (Fsp3) is 0.294. The van der Waals surface area contributed by atoms with E-state index in [0.717, 1.165) is 24.5 Å². The van der Waals surface area contributed by atoms with Gasteiger partial charge in [-0.05, 0) is 30.2 Å². The molecule has 0 unspecified atom stereocenters. The van der Waals surface area contributed by atoms with E-state index < -0.39 is 0 Å². The molecule has 1 aromatic carbocycles. The average Bonchev–Trinajstić information content (AvgIpc) is 2.98. The van der Waals surface area contributed by atoms with Crippen LogP contribution in [0.15, 0.2) is 42.5 Å². The van der Waals surface area contributed by atoms with E-state index in [0.29, 0.717) is 12.2 Å². The van der Waals surface area contributed by atoms with Gasteiger partial charge in [0, 0.05) is 25.8 Å². The van der Waals surface area contributed by atoms with Gasteiger partial charge in [0.2, 0.25) is 0 Å². The number of carbonyl (C=O) groups is 1. The first-order valence-corrected chi connectivity index (χ1v) is 7.39. The number of nitrogens with zero attached hydrogens (tertiary/aromatic N) is 3. The van der Waals surface area contributed by atoms with Crippen molar-refractivity contribution in [2.24, 2.45) is 0 Å². The van der Waals surface area contributed by atoms with Gasteiger partial charge in [0.05, 0.1) is 6.61 Å². The number of aromatic nitrogens is 1. The second kappa shape index (κ2) is 6.15. The molecule has 1 aliphatic rings. The molecular weight excluding hydrogens is 278 g/mol. The van der Waals surface area contributed by atoms with Crippen molar-refractivity contribution in [3.8, 4) is 0 Å². The number of likely N-dealkylation sites (N-methyl/N-ethyl adjacent to an activating group) is 1. The molecule has 0 aliphatic carbocycles. The highest BCUT2D eigenvalue weighted by molar-refractivity contribution is 5.92. The molecule has 1 aliphatic heterocycles. The van der Waals surface area contributed by atoms with Crippen LogP contribution in [-0.4, -0.2) is 47.6 Å². The van der Waals surface area contributed by atoms with Crippen molar-refractivity contribution >= 4 is 17.4 Å². The smallest absolute Gasteiger partial charge is 0.272 e. The quantitative estimate of drug-likeness (QED) is 0.935. The third-order valence-corrected chi connectivity index (χ3v) is 3.90. The number of hydrogen-bond donors (Lipinski definition) is 1. The van der Waals surface area contributed by atoms with Crippen molar-refractivity contribution in [1.29, 1.82) is 0 Å². The second-order valence-corrected chi connectivity index (χ2v) is 5.36. The second-order valence-electron chi connectivity index (χ2n) is 5.36. The summed E-state index contributed by atoms with van der Waals surface area (Å²) in [6.07, 6.45) is 0.987. The number of benzene rings is 1. The summed E-state index contributed by atoms with van der Waals surface area (Å²) < 4.78 is 0. The topological polar surface area (TPSA) is 56.7 Å². The van der Waals surface area contributed by atoms with Gasteiger partial charge in [0.15, 0.2) is 0 Å². The van der Waals surface area contributed by atoms with Gasteiger partial charge in [0.25, 0.3) is 5.91 Å². The number of aliphatic hydroxyl groups is 1. The number of rotatable bonds is 4. The van der Waals surface area contributed by atoms with Crippen molar-refractivity contribution < 1.29 is 9.90 Å². The van der Waals surface area contributed by atoms with E-state index in [1.54, 1.807) is 13.1 Å². The van der Waals surface area contributed by atoms with Gasteiger partial charge in [-0.15, -0.1) is 0 Å². The molecule has 1 N–H and O–H groups in total. The highest BCUT2D eigenvalue weighted by Gasteiger charge is 2.22. The van der Waals surface area contributed by atoms with Crippen molar-refractivity contribution in [2.45, 2.75) is 6.42 Å². The van der Waals surface area contributed by atoms with E-state index >= 15 is 0 Å². The first-order valence-electron chi connectivity index (χ1n) is 7.39. The number of carbonyl (C=O) groups excluding carboxylic acids is 1. The van der Waals surface area contributed by atoms with Crippen molar-refractivity contribution in [3.05, 3.63) is 53.7 Å². The van der Waals surface area contributed by atoms with Gasteiger partial charge < -0.3 is 14.9 Å². The van der Waals surface area contributed by atoms with Crippen molar-refractivity contribution in [1.82, 2.24) is 9.88 Å². The normalized spacial score (nSPS) is 13.1. The number of pyridine rings is 1. The Bertz CT molecular complexity index is 687. The van der Waals surface area contributed by atoms with Crippen LogP contribution in [0.1, 0.15) is 16.1 Å².